The number of hydrogen-bond donors (Lipinski definition) is 2. The molecule has 0 bridgehead atoms. The highest BCUT2D eigenvalue weighted by Crippen LogP contribution is 2.32. The van der Waals surface area contributed by atoms with Gasteiger partial charge in [0.25, 0.3) is 0 Å². The molecule has 2 aliphatic rings. The number of carbonyl (C=O) groups is 1. The topological polar surface area (TPSA) is 84.5 Å². The van der Waals surface area contributed by atoms with Gasteiger partial charge in [0.1, 0.15) is 12.4 Å². The largest absolute Gasteiger partial charge is 0.491 e. The van der Waals surface area contributed by atoms with Crippen LogP contribution in [0.5, 0.6) is 5.75 Å². The molecule has 142 valence electrons. The third kappa shape index (κ3) is 3.64. The number of rotatable bonds is 4. The SMILES string of the molecule is O=C(Nc1ccc(S(=O)(=O)C2CCCC2)cc1)N[C@@H]1COc2ccccc21. The lowest BCUT2D eigenvalue weighted by Crippen LogP contribution is -2.33. The van der Waals surface area contributed by atoms with E-state index < -0.39 is 9.84 Å². The molecule has 0 saturated heterocycles. The zero-order valence-electron chi connectivity index (χ0n) is 14.9. The Labute approximate surface area is 158 Å². The molecule has 0 radical (unpaired) electrons. The predicted octanol–water partition coefficient (Wildman–Crippen LogP) is 3.66. The Morgan fingerprint density at radius 2 is 1.70 bits per heavy atom. The van der Waals surface area contributed by atoms with Gasteiger partial charge >= 0.3 is 6.03 Å². The molecule has 0 spiro atoms. The Balaban J connectivity index is 1.39. The van der Waals surface area contributed by atoms with Crippen LogP contribution in [0.4, 0.5) is 10.5 Å². The fourth-order valence-corrected chi connectivity index (χ4v) is 5.58. The lowest BCUT2D eigenvalue weighted by atomic mass is 10.1. The molecule has 2 amide bonds. The molecular formula is C20H22N2O4S. The van der Waals surface area contributed by atoms with E-state index in [1.807, 2.05) is 24.3 Å². The maximum absolute atomic E-state index is 12.6. The fourth-order valence-electron chi connectivity index (χ4n) is 3.73. The summed E-state index contributed by atoms with van der Waals surface area (Å²) in [5.74, 6) is 0.782. The van der Waals surface area contributed by atoms with Crippen LogP contribution in [0.25, 0.3) is 0 Å². The van der Waals surface area contributed by atoms with E-state index in [0.717, 1.165) is 37.0 Å². The molecular weight excluding hydrogens is 364 g/mol. The van der Waals surface area contributed by atoms with Crippen molar-refractivity contribution in [1.82, 2.24) is 5.32 Å². The standard InChI is InChI=1S/C20H22N2O4S/c23-20(22-18-13-26-19-8-4-3-7-17(18)19)21-14-9-11-16(12-10-14)27(24,25)15-5-1-2-6-15/h3-4,7-12,15,18H,1-2,5-6,13H2,(H2,21,22,23)/t18-/m1/s1. The van der Waals surface area contributed by atoms with Gasteiger partial charge in [-0.25, -0.2) is 13.2 Å². The van der Waals surface area contributed by atoms with Crippen molar-refractivity contribution in [3.8, 4) is 5.75 Å². The highest BCUT2D eigenvalue weighted by atomic mass is 32.2. The van der Waals surface area contributed by atoms with E-state index in [1.54, 1.807) is 24.3 Å². The van der Waals surface area contributed by atoms with Gasteiger partial charge in [-0.1, -0.05) is 31.0 Å². The third-order valence-electron chi connectivity index (χ3n) is 5.19. The minimum atomic E-state index is -3.28. The maximum Gasteiger partial charge on any atom is 0.319 e. The lowest BCUT2D eigenvalue weighted by Gasteiger charge is -2.14. The predicted molar refractivity (Wildman–Crippen MR) is 103 cm³/mol. The normalized spacial score (nSPS) is 19.3. The van der Waals surface area contributed by atoms with Gasteiger partial charge in [0.15, 0.2) is 9.84 Å². The highest BCUT2D eigenvalue weighted by molar-refractivity contribution is 7.92. The average Bonchev–Trinajstić information content (AvgIpc) is 3.33. The molecule has 1 aliphatic heterocycles. The number of fused-ring (bicyclic) bond motifs is 1. The molecule has 27 heavy (non-hydrogen) atoms. The monoisotopic (exact) mass is 386 g/mol. The lowest BCUT2D eigenvalue weighted by molar-refractivity contribution is 0.243. The van der Waals surface area contributed by atoms with Crippen molar-refractivity contribution in [3.63, 3.8) is 0 Å². The van der Waals surface area contributed by atoms with Crippen LogP contribution in [-0.4, -0.2) is 26.3 Å². The maximum atomic E-state index is 12.6. The summed E-state index contributed by atoms with van der Waals surface area (Å²) in [5.41, 5.74) is 1.50. The van der Waals surface area contributed by atoms with E-state index in [1.165, 1.54) is 0 Å². The van der Waals surface area contributed by atoms with Crippen LogP contribution in [0.1, 0.15) is 37.3 Å². The summed E-state index contributed by atoms with van der Waals surface area (Å²) in [4.78, 5) is 12.6. The summed E-state index contributed by atoms with van der Waals surface area (Å²) < 4.78 is 30.8. The molecule has 2 aromatic rings. The van der Waals surface area contributed by atoms with Crippen molar-refractivity contribution in [3.05, 3.63) is 54.1 Å². The van der Waals surface area contributed by atoms with Crippen LogP contribution in [0.15, 0.2) is 53.4 Å². The number of benzene rings is 2. The van der Waals surface area contributed by atoms with Crippen LogP contribution < -0.4 is 15.4 Å². The van der Waals surface area contributed by atoms with Crippen LogP contribution in [0.2, 0.25) is 0 Å². The van der Waals surface area contributed by atoms with Crippen molar-refractivity contribution in [2.45, 2.75) is 41.9 Å². The molecule has 6 nitrogen and oxygen atoms in total. The summed E-state index contributed by atoms with van der Waals surface area (Å²) in [6.07, 6.45) is 3.40. The van der Waals surface area contributed by atoms with Crippen molar-refractivity contribution in [2.75, 3.05) is 11.9 Å². The van der Waals surface area contributed by atoms with Gasteiger partial charge in [0.2, 0.25) is 0 Å². The number of anilines is 1. The third-order valence-corrected chi connectivity index (χ3v) is 7.47. The van der Waals surface area contributed by atoms with E-state index in [0.29, 0.717) is 17.2 Å². The number of para-hydroxylation sites is 1. The van der Waals surface area contributed by atoms with Gasteiger partial charge in [0, 0.05) is 11.3 Å². The van der Waals surface area contributed by atoms with Gasteiger partial charge in [-0.3, -0.25) is 0 Å². The molecule has 2 aromatic carbocycles. The smallest absolute Gasteiger partial charge is 0.319 e. The minimum Gasteiger partial charge on any atom is -0.491 e. The van der Waals surface area contributed by atoms with Gasteiger partial charge < -0.3 is 15.4 Å². The van der Waals surface area contributed by atoms with Gasteiger partial charge in [-0.2, -0.15) is 0 Å². The van der Waals surface area contributed by atoms with Crippen molar-refractivity contribution in [1.29, 1.82) is 0 Å². The van der Waals surface area contributed by atoms with Gasteiger partial charge in [-0.15, -0.1) is 0 Å². The Morgan fingerprint density at radius 3 is 2.44 bits per heavy atom. The highest BCUT2D eigenvalue weighted by Gasteiger charge is 2.30. The Kier molecular flexibility index (Phi) is 4.78. The van der Waals surface area contributed by atoms with E-state index in [9.17, 15) is 13.2 Å². The molecule has 1 fully saturated rings. The number of sulfone groups is 1. The molecule has 4 rings (SSSR count). The van der Waals surface area contributed by atoms with Gasteiger partial charge in [-0.05, 0) is 43.2 Å². The molecule has 2 N–H and O–H groups in total. The van der Waals surface area contributed by atoms with E-state index in [4.69, 9.17) is 4.74 Å². The Hall–Kier alpha value is -2.54. The summed E-state index contributed by atoms with van der Waals surface area (Å²) in [6.45, 7) is 0.394. The average molecular weight is 386 g/mol. The quantitative estimate of drug-likeness (QED) is 0.840. The number of hydrogen-bond acceptors (Lipinski definition) is 4. The summed E-state index contributed by atoms with van der Waals surface area (Å²) >= 11 is 0. The van der Waals surface area contributed by atoms with Crippen molar-refractivity contribution in [2.24, 2.45) is 0 Å². The summed E-state index contributed by atoms with van der Waals surface area (Å²) in [5, 5.41) is 5.35. The summed E-state index contributed by atoms with van der Waals surface area (Å²) in [7, 11) is -3.28. The first kappa shape index (κ1) is 17.9. The first-order chi connectivity index (χ1) is 13.0. The Bertz CT molecular complexity index is 935. The molecule has 0 unspecified atom stereocenters. The van der Waals surface area contributed by atoms with Crippen LogP contribution >= 0.6 is 0 Å². The molecule has 1 heterocycles. The van der Waals surface area contributed by atoms with E-state index in [-0.39, 0.29) is 17.3 Å². The first-order valence-corrected chi connectivity index (χ1v) is 10.7. The molecule has 7 heteroatoms. The summed E-state index contributed by atoms with van der Waals surface area (Å²) in [6, 6.07) is 13.4. The Morgan fingerprint density at radius 1 is 1.00 bits per heavy atom. The van der Waals surface area contributed by atoms with Gasteiger partial charge in [0.05, 0.1) is 16.2 Å². The van der Waals surface area contributed by atoms with Crippen LogP contribution in [0.3, 0.4) is 0 Å². The van der Waals surface area contributed by atoms with E-state index >= 15 is 0 Å². The van der Waals surface area contributed by atoms with Crippen LogP contribution in [-0.2, 0) is 9.84 Å². The minimum absolute atomic E-state index is 0.205. The zero-order chi connectivity index (χ0) is 18.9. The van der Waals surface area contributed by atoms with E-state index in [2.05, 4.69) is 10.6 Å². The molecule has 1 aliphatic carbocycles. The first-order valence-electron chi connectivity index (χ1n) is 9.17. The second-order valence-corrected chi connectivity index (χ2v) is 9.20. The zero-order valence-corrected chi connectivity index (χ0v) is 15.7. The van der Waals surface area contributed by atoms with Crippen molar-refractivity contribution >= 4 is 21.6 Å². The number of urea groups is 1. The van der Waals surface area contributed by atoms with Crippen LogP contribution in [0, 0.1) is 0 Å². The molecule has 0 aromatic heterocycles. The number of amides is 2. The van der Waals surface area contributed by atoms with Crippen molar-refractivity contribution < 1.29 is 17.9 Å². The second-order valence-electron chi connectivity index (χ2n) is 6.98. The molecule has 1 atom stereocenters. The number of ether oxygens (including phenoxy) is 1. The second kappa shape index (κ2) is 7.23. The number of carbonyl (C=O) groups excluding carboxylic acids is 1. The number of nitrogens with one attached hydrogen (secondary N) is 2. The molecule has 1 saturated carbocycles. The fraction of sp³-hybridized carbons (Fsp3) is 0.350.